The average molecular weight is 287 g/mol. The van der Waals surface area contributed by atoms with Crippen molar-refractivity contribution in [1.29, 1.82) is 0 Å². The molecular weight excluding hydrogens is 274 g/mol. The lowest BCUT2D eigenvalue weighted by Gasteiger charge is -2.08. The molecule has 0 saturated heterocycles. The Balaban J connectivity index is 1.98. The highest BCUT2D eigenvalue weighted by molar-refractivity contribution is 5.93. The molecule has 108 valence electrons. The maximum atomic E-state index is 11.8. The van der Waals surface area contributed by atoms with E-state index in [1.165, 1.54) is 29.1 Å². The van der Waals surface area contributed by atoms with Gasteiger partial charge >= 0.3 is 5.97 Å². The van der Waals surface area contributed by atoms with Crippen molar-refractivity contribution in [3.63, 3.8) is 0 Å². The minimum Gasteiger partial charge on any atom is -0.478 e. The van der Waals surface area contributed by atoms with Crippen LogP contribution in [0.4, 0.5) is 0 Å². The second-order valence-corrected chi connectivity index (χ2v) is 4.25. The van der Waals surface area contributed by atoms with Gasteiger partial charge in [0.05, 0.1) is 11.1 Å². The quantitative estimate of drug-likeness (QED) is 0.827. The van der Waals surface area contributed by atoms with Gasteiger partial charge in [0, 0.05) is 37.7 Å². The van der Waals surface area contributed by atoms with Crippen LogP contribution < -0.4 is 10.9 Å². The second kappa shape index (κ2) is 6.47. The van der Waals surface area contributed by atoms with Gasteiger partial charge in [-0.2, -0.15) is 0 Å². The first-order chi connectivity index (χ1) is 10.1. The Hall–Kier alpha value is -2.96. The third-order valence-electron chi connectivity index (χ3n) is 2.79. The number of pyridine rings is 2. The Morgan fingerprint density at radius 3 is 2.71 bits per heavy atom. The van der Waals surface area contributed by atoms with Crippen molar-refractivity contribution in [2.75, 3.05) is 6.54 Å². The summed E-state index contributed by atoms with van der Waals surface area (Å²) in [6.45, 7) is 0.392. The van der Waals surface area contributed by atoms with Gasteiger partial charge in [0.1, 0.15) is 0 Å². The zero-order valence-corrected chi connectivity index (χ0v) is 11.0. The first kappa shape index (κ1) is 14.4. The van der Waals surface area contributed by atoms with E-state index in [1.807, 2.05) is 0 Å². The van der Waals surface area contributed by atoms with E-state index in [-0.39, 0.29) is 30.1 Å². The summed E-state index contributed by atoms with van der Waals surface area (Å²) in [7, 11) is 0. The first-order valence-electron chi connectivity index (χ1n) is 6.20. The molecule has 7 nitrogen and oxygen atoms in total. The number of hydrogen-bond acceptors (Lipinski definition) is 4. The molecule has 0 fully saturated rings. The molecule has 0 saturated carbocycles. The van der Waals surface area contributed by atoms with Crippen molar-refractivity contribution < 1.29 is 14.7 Å². The predicted octanol–water partition coefficient (Wildman–Crippen LogP) is 0.371. The lowest BCUT2D eigenvalue weighted by atomic mass is 10.2. The number of amides is 1. The average Bonchev–Trinajstić information content (AvgIpc) is 2.49. The maximum absolute atomic E-state index is 11.8. The summed E-state index contributed by atoms with van der Waals surface area (Å²) in [5, 5.41) is 11.5. The molecule has 2 aromatic rings. The normalized spacial score (nSPS) is 10.1. The molecule has 0 bridgehead atoms. The van der Waals surface area contributed by atoms with Gasteiger partial charge in [-0.3, -0.25) is 14.6 Å². The molecule has 0 atom stereocenters. The van der Waals surface area contributed by atoms with E-state index >= 15 is 0 Å². The molecule has 0 aliphatic carbocycles. The number of carbonyl (C=O) groups excluding carboxylic acids is 1. The van der Waals surface area contributed by atoms with E-state index < -0.39 is 5.97 Å². The lowest BCUT2D eigenvalue weighted by Crippen LogP contribution is -2.30. The Bertz CT molecular complexity index is 710. The number of aromatic carboxylic acids is 1. The van der Waals surface area contributed by atoms with Crippen LogP contribution in [0, 0.1) is 0 Å². The molecule has 2 rings (SSSR count). The van der Waals surface area contributed by atoms with Crippen molar-refractivity contribution in [3.05, 3.63) is 64.3 Å². The van der Waals surface area contributed by atoms with Crippen LogP contribution in [-0.4, -0.2) is 33.1 Å². The SMILES string of the molecule is O=C(O)c1ccc(=O)n(CCNC(=O)c2cccnc2)c1. The zero-order valence-electron chi connectivity index (χ0n) is 11.0. The number of nitrogens with one attached hydrogen (secondary N) is 1. The molecule has 0 unspecified atom stereocenters. The Labute approximate surface area is 119 Å². The van der Waals surface area contributed by atoms with Crippen molar-refractivity contribution in [2.24, 2.45) is 0 Å². The molecule has 1 amide bonds. The van der Waals surface area contributed by atoms with E-state index in [4.69, 9.17) is 5.11 Å². The molecule has 0 radical (unpaired) electrons. The molecule has 0 spiro atoms. The Morgan fingerprint density at radius 1 is 1.24 bits per heavy atom. The van der Waals surface area contributed by atoms with Gasteiger partial charge in [-0.15, -0.1) is 0 Å². The summed E-state index contributed by atoms with van der Waals surface area (Å²) in [6, 6.07) is 5.71. The summed E-state index contributed by atoms with van der Waals surface area (Å²) in [4.78, 5) is 38.0. The number of aromatic nitrogens is 2. The molecule has 2 aromatic heterocycles. The fourth-order valence-corrected chi connectivity index (χ4v) is 1.72. The minimum atomic E-state index is -1.11. The van der Waals surface area contributed by atoms with Crippen LogP contribution in [0.2, 0.25) is 0 Å². The van der Waals surface area contributed by atoms with Crippen LogP contribution in [0.5, 0.6) is 0 Å². The summed E-state index contributed by atoms with van der Waals surface area (Å²) >= 11 is 0. The van der Waals surface area contributed by atoms with Gasteiger partial charge in [0.25, 0.3) is 11.5 Å². The van der Waals surface area contributed by atoms with Crippen LogP contribution in [0.3, 0.4) is 0 Å². The Morgan fingerprint density at radius 2 is 2.05 bits per heavy atom. The summed E-state index contributed by atoms with van der Waals surface area (Å²) in [6.07, 6.45) is 4.25. The van der Waals surface area contributed by atoms with Gasteiger partial charge in [-0.25, -0.2) is 4.79 Å². The van der Waals surface area contributed by atoms with E-state index in [2.05, 4.69) is 10.3 Å². The molecular formula is C14H13N3O4. The van der Waals surface area contributed by atoms with Crippen LogP contribution in [-0.2, 0) is 6.54 Å². The van der Waals surface area contributed by atoms with Gasteiger partial charge in [-0.1, -0.05) is 0 Å². The van der Waals surface area contributed by atoms with Crippen LogP contribution in [0.15, 0.2) is 47.7 Å². The molecule has 0 aliphatic rings. The van der Waals surface area contributed by atoms with Gasteiger partial charge in [0.15, 0.2) is 0 Å². The zero-order chi connectivity index (χ0) is 15.2. The van der Waals surface area contributed by atoms with E-state index in [0.717, 1.165) is 0 Å². The van der Waals surface area contributed by atoms with Crippen molar-refractivity contribution >= 4 is 11.9 Å². The van der Waals surface area contributed by atoms with Crippen molar-refractivity contribution in [1.82, 2.24) is 14.9 Å². The summed E-state index contributed by atoms with van der Waals surface area (Å²) in [5.74, 6) is -1.41. The summed E-state index contributed by atoms with van der Waals surface area (Å²) in [5.41, 5.74) is 0.118. The number of rotatable bonds is 5. The molecule has 0 aromatic carbocycles. The highest BCUT2D eigenvalue weighted by atomic mass is 16.4. The smallest absolute Gasteiger partial charge is 0.337 e. The fraction of sp³-hybridized carbons (Fsp3) is 0.143. The van der Waals surface area contributed by atoms with E-state index in [1.54, 1.807) is 18.3 Å². The summed E-state index contributed by atoms with van der Waals surface area (Å²) < 4.78 is 1.24. The Kier molecular flexibility index (Phi) is 4.45. The number of hydrogen-bond donors (Lipinski definition) is 2. The van der Waals surface area contributed by atoms with Crippen LogP contribution in [0.25, 0.3) is 0 Å². The first-order valence-corrected chi connectivity index (χ1v) is 6.20. The number of carboxylic acid groups (broad SMARTS) is 1. The number of carbonyl (C=O) groups is 2. The lowest BCUT2D eigenvalue weighted by molar-refractivity contribution is 0.0695. The van der Waals surface area contributed by atoms with Crippen LogP contribution >= 0.6 is 0 Å². The van der Waals surface area contributed by atoms with Crippen LogP contribution in [0.1, 0.15) is 20.7 Å². The second-order valence-electron chi connectivity index (χ2n) is 4.25. The van der Waals surface area contributed by atoms with Gasteiger partial charge in [-0.05, 0) is 18.2 Å². The molecule has 2 N–H and O–H groups in total. The largest absolute Gasteiger partial charge is 0.478 e. The standard InChI is InChI=1S/C14H13N3O4/c18-12-4-3-11(14(20)21)9-17(12)7-6-16-13(19)10-2-1-5-15-8-10/h1-5,8-9H,6-7H2,(H,16,19)(H,20,21). The van der Waals surface area contributed by atoms with E-state index in [0.29, 0.717) is 5.56 Å². The fourth-order valence-electron chi connectivity index (χ4n) is 1.72. The monoisotopic (exact) mass is 287 g/mol. The third kappa shape index (κ3) is 3.75. The molecule has 0 aliphatic heterocycles. The third-order valence-corrected chi connectivity index (χ3v) is 2.79. The predicted molar refractivity (Wildman–Crippen MR) is 74.2 cm³/mol. The molecule has 2 heterocycles. The molecule has 21 heavy (non-hydrogen) atoms. The topological polar surface area (TPSA) is 101 Å². The highest BCUT2D eigenvalue weighted by Crippen LogP contribution is 1.96. The molecule has 7 heteroatoms. The number of carboxylic acids is 1. The van der Waals surface area contributed by atoms with E-state index in [9.17, 15) is 14.4 Å². The van der Waals surface area contributed by atoms with Gasteiger partial charge in [0.2, 0.25) is 0 Å². The maximum Gasteiger partial charge on any atom is 0.337 e. The van der Waals surface area contributed by atoms with Crippen molar-refractivity contribution in [2.45, 2.75) is 6.54 Å². The number of nitrogens with zero attached hydrogens (tertiary/aromatic N) is 2. The highest BCUT2D eigenvalue weighted by Gasteiger charge is 2.07. The van der Waals surface area contributed by atoms with Gasteiger partial charge < -0.3 is 15.0 Å². The van der Waals surface area contributed by atoms with Crippen molar-refractivity contribution in [3.8, 4) is 0 Å². The minimum absolute atomic E-state index is 0.0215.